The van der Waals surface area contributed by atoms with Crippen molar-refractivity contribution in [1.29, 1.82) is 0 Å². The molecule has 2 unspecified atom stereocenters. The van der Waals surface area contributed by atoms with Gasteiger partial charge in [0.25, 0.3) is 0 Å². The molecule has 1 N–H and O–H groups in total. The second-order valence-corrected chi connectivity index (χ2v) is 7.03. The smallest absolute Gasteiger partial charge is 0.0741 e. The maximum Gasteiger partial charge on any atom is 0.0741 e. The van der Waals surface area contributed by atoms with Crippen molar-refractivity contribution < 1.29 is 5.11 Å². The Morgan fingerprint density at radius 3 is 2.81 bits per heavy atom. The number of β-amino-alcohol motifs (C(OH)–C–C–N with tert-alkyl or cyclic N) is 1. The molecule has 1 aliphatic rings. The zero-order chi connectivity index (χ0) is 15.1. The molecule has 0 bridgehead atoms. The second kappa shape index (κ2) is 5.58. The predicted molar refractivity (Wildman–Crippen MR) is 90.9 cm³/mol. The summed E-state index contributed by atoms with van der Waals surface area (Å²) in [5, 5.41) is 11.4. The summed E-state index contributed by atoms with van der Waals surface area (Å²) in [7, 11) is 0. The third kappa shape index (κ3) is 2.67. The molecule has 4 heteroatoms. The van der Waals surface area contributed by atoms with E-state index in [2.05, 4.69) is 53.7 Å². The first-order valence-corrected chi connectivity index (χ1v) is 8.26. The largest absolute Gasteiger partial charge is 0.391 e. The van der Waals surface area contributed by atoms with Gasteiger partial charge in [-0.1, -0.05) is 22.9 Å². The average Bonchev–Trinajstić information content (AvgIpc) is 2.44. The quantitative estimate of drug-likeness (QED) is 0.850. The summed E-state index contributed by atoms with van der Waals surface area (Å²) in [4.78, 5) is 7.02. The van der Waals surface area contributed by atoms with E-state index in [1.807, 2.05) is 6.07 Å². The van der Waals surface area contributed by atoms with Crippen molar-refractivity contribution in [2.45, 2.75) is 33.3 Å². The number of pyridine rings is 1. The number of rotatable bonds is 1. The van der Waals surface area contributed by atoms with Crippen LogP contribution in [0, 0.1) is 19.8 Å². The minimum absolute atomic E-state index is 0.256. The number of nitrogens with zero attached hydrogens (tertiary/aromatic N) is 2. The molecule has 0 saturated carbocycles. The van der Waals surface area contributed by atoms with Crippen LogP contribution in [0.4, 0.5) is 5.69 Å². The zero-order valence-corrected chi connectivity index (χ0v) is 14.3. The van der Waals surface area contributed by atoms with Crippen LogP contribution in [0.1, 0.15) is 24.6 Å². The molecular formula is C17H21BrN2O. The maximum absolute atomic E-state index is 10.2. The summed E-state index contributed by atoms with van der Waals surface area (Å²) in [5.41, 5.74) is 4.52. The maximum atomic E-state index is 10.2. The summed E-state index contributed by atoms with van der Waals surface area (Å²) in [6, 6.07) is 6.22. The summed E-state index contributed by atoms with van der Waals surface area (Å²) in [6.07, 6.45) is 0.770. The molecule has 0 amide bonds. The number of benzene rings is 1. The number of aliphatic hydroxyl groups excluding tert-OH is 1. The van der Waals surface area contributed by atoms with E-state index in [4.69, 9.17) is 4.98 Å². The number of anilines is 1. The highest BCUT2D eigenvalue weighted by molar-refractivity contribution is 9.10. The fourth-order valence-electron chi connectivity index (χ4n) is 3.09. The molecule has 2 aromatic rings. The monoisotopic (exact) mass is 348 g/mol. The van der Waals surface area contributed by atoms with Crippen LogP contribution in [0.25, 0.3) is 10.9 Å². The first-order chi connectivity index (χ1) is 9.97. The summed E-state index contributed by atoms with van der Waals surface area (Å²) in [6.45, 7) is 8.00. The minimum atomic E-state index is -0.256. The highest BCUT2D eigenvalue weighted by atomic mass is 79.9. The number of hydrogen-bond donors (Lipinski definition) is 1. The van der Waals surface area contributed by atoms with Gasteiger partial charge in [-0.2, -0.15) is 0 Å². The van der Waals surface area contributed by atoms with E-state index in [1.165, 1.54) is 11.3 Å². The number of aryl methyl sites for hydroxylation is 1. The van der Waals surface area contributed by atoms with E-state index in [-0.39, 0.29) is 6.10 Å². The molecule has 1 saturated heterocycles. The Labute approximate surface area is 134 Å². The van der Waals surface area contributed by atoms with E-state index in [0.717, 1.165) is 34.0 Å². The average molecular weight is 349 g/mol. The van der Waals surface area contributed by atoms with Crippen LogP contribution in [0.5, 0.6) is 0 Å². The first-order valence-electron chi connectivity index (χ1n) is 7.47. The zero-order valence-electron chi connectivity index (χ0n) is 12.7. The lowest BCUT2D eigenvalue weighted by atomic mass is 9.94. The van der Waals surface area contributed by atoms with Gasteiger partial charge in [0, 0.05) is 28.6 Å². The Bertz CT molecular complexity index is 686. The highest BCUT2D eigenvalue weighted by Gasteiger charge is 2.26. The molecule has 21 heavy (non-hydrogen) atoms. The van der Waals surface area contributed by atoms with Crippen molar-refractivity contribution >= 4 is 32.5 Å². The summed E-state index contributed by atoms with van der Waals surface area (Å²) >= 11 is 3.56. The topological polar surface area (TPSA) is 36.4 Å². The molecule has 2 atom stereocenters. The van der Waals surface area contributed by atoms with Crippen molar-refractivity contribution in [3.63, 3.8) is 0 Å². The number of halogens is 1. The Morgan fingerprint density at radius 1 is 1.33 bits per heavy atom. The number of aliphatic hydroxyl groups is 1. The van der Waals surface area contributed by atoms with E-state index in [1.54, 1.807) is 0 Å². The molecule has 0 radical (unpaired) electrons. The molecule has 0 spiro atoms. The fraction of sp³-hybridized carbons (Fsp3) is 0.471. The Kier molecular flexibility index (Phi) is 3.93. The molecule has 3 rings (SSSR count). The van der Waals surface area contributed by atoms with Crippen LogP contribution >= 0.6 is 15.9 Å². The second-order valence-electron chi connectivity index (χ2n) is 6.11. The third-order valence-corrected chi connectivity index (χ3v) is 5.13. The van der Waals surface area contributed by atoms with E-state index in [0.29, 0.717) is 12.5 Å². The van der Waals surface area contributed by atoms with Crippen molar-refractivity contribution in [1.82, 2.24) is 4.98 Å². The van der Waals surface area contributed by atoms with Crippen LogP contribution in [0.15, 0.2) is 22.7 Å². The van der Waals surface area contributed by atoms with E-state index < -0.39 is 0 Å². The molecule has 1 aromatic heterocycles. The molecule has 0 aliphatic carbocycles. The van der Waals surface area contributed by atoms with Crippen molar-refractivity contribution in [2.75, 3.05) is 18.0 Å². The van der Waals surface area contributed by atoms with Gasteiger partial charge < -0.3 is 10.0 Å². The molecule has 1 aromatic carbocycles. The molecule has 112 valence electrons. The van der Waals surface area contributed by atoms with Gasteiger partial charge >= 0.3 is 0 Å². The lowest BCUT2D eigenvalue weighted by molar-refractivity contribution is 0.103. The van der Waals surface area contributed by atoms with Gasteiger partial charge in [0.05, 0.1) is 17.3 Å². The summed E-state index contributed by atoms with van der Waals surface area (Å²) in [5.74, 6) is 0.377. The molecule has 3 nitrogen and oxygen atoms in total. The highest BCUT2D eigenvalue weighted by Crippen LogP contribution is 2.35. The number of aromatic nitrogens is 1. The number of hydrogen-bond acceptors (Lipinski definition) is 3. The Morgan fingerprint density at radius 2 is 2.10 bits per heavy atom. The van der Waals surface area contributed by atoms with Gasteiger partial charge in [0.2, 0.25) is 0 Å². The van der Waals surface area contributed by atoms with Gasteiger partial charge in [-0.25, -0.2) is 0 Å². The van der Waals surface area contributed by atoms with E-state index >= 15 is 0 Å². The van der Waals surface area contributed by atoms with Gasteiger partial charge in [0.15, 0.2) is 0 Å². The van der Waals surface area contributed by atoms with Crippen LogP contribution < -0.4 is 4.90 Å². The Balaban J connectivity index is 2.16. The molecule has 1 aliphatic heterocycles. The SMILES string of the molecule is Cc1nc2ccc(Br)cc2c(N2CCC(C)C(O)C2)c1C. The van der Waals surface area contributed by atoms with Gasteiger partial charge in [-0.05, 0) is 49.9 Å². The van der Waals surface area contributed by atoms with Crippen molar-refractivity contribution in [3.8, 4) is 0 Å². The van der Waals surface area contributed by atoms with Gasteiger partial charge in [-0.15, -0.1) is 0 Å². The predicted octanol–water partition coefficient (Wildman–Crippen LogP) is 3.82. The fourth-order valence-corrected chi connectivity index (χ4v) is 3.45. The standard InChI is InChI=1S/C17H21BrN2O/c1-10-6-7-20(9-16(10)21)17-11(2)12(3)19-15-5-4-13(18)8-14(15)17/h4-5,8,10,16,21H,6-7,9H2,1-3H3. The number of fused-ring (bicyclic) bond motifs is 1. The molecular weight excluding hydrogens is 328 g/mol. The minimum Gasteiger partial charge on any atom is -0.391 e. The summed E-state index contributed by atoms with van der Waals surface area (Å²) < 4.78 is 1.06. The Hall–Kier alpha value is -1.13. The molecule has 1 fully saturated rings. The molecule has 2 heterocycles. The van der Waals surface area contributed by atoms with Crippen LogP contribution in [-0.4, -0.2) is 29.3 Å². The lowest BCUT2D eigenvalue weighted by Gasteiger charge is -2.37. The van der Waals surface area contributed by atoms with Crippen LogP contribution in [0.3, 0.4) is 0 Å². The van der Waals surface area contributed by atoms with E-state index in [9.17, 15) is 5.11 Å². The lowest BCUT2D eigenvalue weighted by Crippen LogP contribution is -2.43. The first kappa shape index (κ1) is 14.8. The normalized spacial score (nSPS) is 22.8. The van der Waals surface area contributed by atoms with Gasteiger partial charge in [0.1, 0.15) is 0 Å². The van der Waals surface area contributed by atoms with Crippen LogP contribution in [0.2, 0.25) is 0 Å². The third-order valence-electron chi connectivity index (χ3n) is 4.63. The number of piperidine rings is 1. The van der Waals surface area contributed by atoms with Gasteiger partial charge in [-0.3, -0.25) is 4.98 Å². The van der Waals surface area contributed by atoms with Crippen LogP contribution in [-0.2, 0) is 0 Å². The van der Waals surface area contributed by atoms with Crippen molar-refractivity contribution in [3.05, 3.63) is 33.9 Å². The van der Waals surface area contributed by atoms with Crippen molar-refractivity contribution in [2.24, 2.45) is 5.92 Å².